The lowest BCUT2D eigenvalue weighted by Gasteiger charge is -2.36. The summed E-state index contributed by atoms with van der Waals surface area (Å²) in [5.74, 6) is 0.666. The third kappa shape index (κ3) is 4.38. The molecule has 1 aromatic heterocycles. The van der Waals surface area contributed by atoms with E-state index in [1.54, 1.807) is 6.07 Å². The molecule has 2 heterocycles. The minimum Gasteiger partial charge on any atom is -0.368 e. The number of benzene rings is 1. The Morgan fingerprint density at radius 3 is 2.48 bits per heavy atom. The van der Waals surface area contributed by atoms with Crippen molar-refractivity contribution < 1.29 is 4.79 Å². The molecule has 1 unspecified atom stereocenters. The summed E-state index contributed by atoms with van der Waals surface area (Å²) >= 11 is 0. The van der Waals surface area contributed by atoms with E-state index in [0.29, 0.717) is 30.6 Å². The number of aryl methyl sites for hydroxylation is 1. The Bertz CT molecular complexity index is 782. The van der Waals surface area contributed by atoms with Crippen LogP contribution in [0.3, 0.4) is 0 Å². The van der Waals surface area contributed by atoms with E-state index in [1.165, 1.54) is 16.8 Å². The molecule has 0 aliphatic carbocycles. The SMILES string of the molecule is CCC(C)Nc1ccc(C(=O)N2CCN(c3cccc(C)c3C)CC2)nn1. The first-order valence-corrected chi connectivity index (χ1v) is 9.70. The molecule has 2 aromatic rings. The van der Waals surface area contributed by atoms with Gasteiger partial charge in [0.05, 0.1) is 0 Å². The normalized spacial score (nSPS) is 15.6. The predicted molar refractivity (Wildman–Crippen MR) is 109 cm³/mol. The lowest BCUT2D eigenvalue weighted by molar-refractivity contribution is 0.0739. The molecular weight excluding hydrogens is 338 g/mol. The number of piperazine rings is 1. The highest BCUT2D eigenvalue weighted by molar-refractivity contribution is 5.92. The van der Waals surface area contributed by atoms with Gasteiger partial charge in [-0.2, -0.15) is 0 Å². The van der Waals surface area contributed by atoms with E-state index in [0.717, 1.165) is 19.5 Å². The number of amides is 1. The van der Waals surface area contributed by atoms with E-state index in [9.17, 15) is 4.79 Å². The maximum absolute atomic E-state index is 12.7. The summed E-state index contributed by atoms with van der Waals surface area (Å²) in [7, 11) is 0. The summed E-state index contributed by atoms with van der Waals surface area (Å²) < 4.78 is 0. The highest BCUT2D eigenvalue weighted by Crippen LogP contribution is 2.24. The third-order valence-corrected chi connectivity index (χ3v) is 5.37. The van der Waals surface area contributed by atoms with Crippen LogP contribution in [0.2, 0.25) is 0 Å². The Labute approximate surface area is 161 Å². The molecule has 1 amide bonds. The second-order valence-electron chi connectivity index (χ2n) is 7.26. The molecule has 6 nitrogen and oxygen atoms in total. The van der Waals surface area contributed by atoms with Crippen LogP contribution in [0.25, 0.3) is 0 Å². The molecule has 0 bridgehead atoms. The molecule has 0 saturated carbocycles. The van der Waals surface area contributed by atoms with Crippen molar-refractivity contribution in [3.8, 4) is 0 Å². The van der Waals surface area contributed by atoms with Crippen LogP contribution >= 0.6 is 0 Å². The fraction of sp³-hybridized carbons (Fsp3) is 0.476. The Kier molecular flexibility index (Phi) is 5.94. The van der Waals surface area contributed by atoms with Gasteiger partial charge in [-0.1, -0.05) is 19.1 Å². The smallest absolute Gasteiger partial charge is 0.274 e. The average Bonchev–Trinajstić information content (AvgIpc) is 2.70. The number of hydrogen-bond acceptors (Lipinski definition) is 5. The van der Waals surface area contributed by atoms with Crippen LogP contribution in [0, 0.1) is 13.8 Å². The molecule has 1 aromatic carbocycles. The zero-order valence-corrected chi connectivity index (χ0v) is 16.7. The Balaban J connectivity index is 1.60. The predicted octanol–water partition coefficient (Wildman–Crippen LogP) is 3.27. The second kappa shape index (κ2) is 8.37. The molecule has 3 rings (SSSR count). The number of rotatable bonds is 5. The molecular formula is C21H29N5O. The maximum Gasteiger partial charge on any atom is 0.274 e. The zero-order valence-electron chi connectivity index (χ0n) is 16.7. The van der Waals surface area contributed by atoms with Crippen molar-refractivity contribution in [2.45, 2.75) is 40.2 Å². The molecule has 1 N–H and O–H groups in total. The Hall–Kier alpha value is -2.63. The van der Waals surface area contributed by atoms with E-state index in [2.05, 4.69) is 66.3 Å². The van der Waals surface area contributed by atoms with Crippen LogP contribution in [0.1, 0.15) is 41.9 Å². The number of nitrogens with one attached hydrogen (secondary N) is 1. The molecule has 27 heavy (non-hydrogen) atoms. The molecule has 1 fully saturated rings. The van der Waals surface area contributed by atoms with Gasteiger partial charge in [-0.3, -0.25) is 4.79 Å². The molecule has 1 atom stereocenters. The number of aromatic nitrogens is 2. The molecule has 1 saturated heterocycles. The van der Waals surface area contributed by atoms with Crippen molar-refractivity contribution in [1.82, 2.24) is 15.1 Å². The van der Waals surface area contributed by atoms with Crippen molar-refractivity contribution >= 4 is 17.4 Å². The van der Waals surface area contributed by atoms with Gasteiger partial charge in [0.2, 0.25) is 0 Å². The number of anilines is 2. The average molecular weight is 367 g/mol. The molecule has 1 aliphatic heterocycles. The van der Waals surface area contributed by atoms with E-state index < -0.39 is 0 Å². The lowest BCUT2D eigenvalue weighted by Crippen LogP contribution is -2.49. The first-order chi connectivity index (χ1) is 13.0. The van der Waals surface area contributed by atoms with Gasteiger partial charge in [0.15, 0.2) is 5.69 Å². The fourth-order valence-corrected chi connectivity index (χ4v) is 3.27. The maximum atomic E-state index is 12.7. The molecule has 0 radical (unpaired) electrons. The number of carbonyl (C=O) groups is 1. The van der Waals surface area contributed by atoms with Gasteiger partial charge in [0.1, 0.15) is 5.82 Å². The van der Waals surface area contributed by atoms with Crippen LogP contribution < -0.4 is 10.2 Å². The highest BCUT2D eigenvalue weighted by atomic mass is 16.2. The summed E-state index contributed by atoms with van der Waals surface area (Å²) in [5.41, 5.74) is 4.28. The van der Waals surface area contributed by atoms with Gasteiger partial charge in [0.25, 0.3) is 5.91 Å². The van der Waals surface area contributed by atoms with E-state index in [-0.39, 0.29) is 5.91 Å². The first-order valence-electron chi connectivity index (χ1n) is 9.70. The standard InChI is InChI=1S/C21H29N5O/c1-5-16(3)22-20-10-9-18(23-24-20)21(27)26-13-11-25(12-14-26)19-8-6-7-15(2)17(19)4/h6-10,16H,5,11-14H2,1-4H3,(H,22,24). The largest absolute Gasteiger partial charge is 0.368 e. The quantitative estimate of drug-likeness (QED) is 0.879. The monoisotopic (exact) mass is 367 g/mol. The number of nitrogens with zero attached hydrogens (tertiary/aromatic N) is 4. The van der Waals surface area contributed by atoms with Gasteiger partial charge < -0.3 is 15.1 Å². The molecule has 1 aliphatic rings. The Morgan fingerprint density at radius 1 is 1.11 bits per heavy atom. The van der Waals surface area contributed by atoms with Gasteiger partial charge in [-0.05, 0) is 56.5 Å². The second-order valence-corrected chi connectivity index (χ2v) is 7.26. The van der Waals surface area contributed by atoms with E-state index in [4.69, 9.17) is 0 Å². The van der Waals surface area contributed by atoms with Gasteiger partial charge in [-0.15, -0.1) is 10.2 Å². The molecule has 6 heteroatoms. The summed E-state index contributed by atoms with van der Waals surface area (Å²) in [5, 5.41) is 11.5. The third-order valence-electron chi connectivity index (χ3n) is 5.37. The zero-order chi connectivity index (χ0) is 19.4. The summed E-state index contributed by atoms with van der Waals surface area (Å²) in [6.07, 6.45) is 1.01. The van der Waals surface area contributed by atoms with Gasteiger partial charge >= 0.3 is 0 Å². The topological polar surface area (TPSA) is 61.4 Å². The van der Waals surface area contributed by atoms with Crippen molar-refractivity contribution in [1.29, 1.82) is 0 Å². The van der Waals surface area contributed by atoms with Crippen LogP contribution in [0.4, 0.5) is 11.5 Å². The minimum absolute atomic E-state index is 0.0433. The van der Waals surface area contributed by atoms with Crippen LogP contribution in [-0.4, -0.2) is 53.2 Å². The van der Waals surface area contributed by atoms with Crippen molar-refractivity contribution in [3.63, 3.8) is 0 Å². The van der Waals surface area contributed by atoms with Crippen LogP contribution in [0.15, 0.2) is 30.3 Å². The molecule has 0 spiro atoms. The van der Waals surface area contributed by atoms with Crippen molar-refractivity contribution in [2.75, 3.05) is 36.4 Å². The fourth-order valence-electron chi connectivity index (χ4n) is 3.27. The number of hydrogen-bond donors (Lipinski definition) is 1. The summed E-state index contributed by atoms with van der Waals surface area (Å²) in [4.78, 5) is 17.0. The van der Waals surface area contributed by atoms with Crippen LogP contribution in [0.5, 0.6) is 0 Å². The molecule has 144 valence electrons. The van der Waals surface area contributed by atoms with Crippen molar-refractivity contribution in [3.05, 3.63) is 47.2 Å². The summed E-state index contributed by atoms with van der Waals surface area (Å²) in [6, 6.07) is 10.3. The minimum atomic E-state index is -0.0433. The van der Waals surface area contributed by atoms with E-state index in [1.807, 2.05) is 11.0 Å². The van der Waals surface area contributed by atoms with Gasteiger partial charge in [-0.25, -0.2) is 0 Å². The number of carbonyl (C=O) groups excluding carboxylic acids is 1. The highest BCUT2D eigenvalue weighted by Gasteiger charge is 2.24. The van der Waals surface area contributed by atoms with Gasteiger partial charge in [0, 0.05) is 37.9 Å². The Morgan fingerprint density at radius 2 is 1.85 bits per heavy atom. The summed E-state index contributed by atoms with van der Waals surface area (Å²) in [6.45, 7) is 11.6. The lowest BCUT2D eigenvalue weighted by atomic mass is 10.1. The van der Waals surface area contributed by atoms with Crippen molar-refractivity contribution in [2.24, 2.45) is 0 Å². The van der Waals surface area contributed by atoms with E-state index >= 15 is 0 Å². The first kappa shape index (κ1) is 19.1. The van der Waals surface area contributed by atoms with Crippen LogP contribution in [-0.2, 0) is 0 Å².